The van der Waals surface area contributed by atoms with E-state index in [4.69, 9.17) is 0 Å². The number of anilines is 1. The van der Waals surface area contributed by atoms with E-state index in [0.29, 0.717) is 18.9 Å². The maximum Gasteiger partial charge on any atom is 0.317 e. The Labute approximate surface area is 134 Å². The van der Waals surface area contributed by atoms with Gasteiger partial charge in [0.25, 0.3) is 0 Å². The Morgan fingerprint density at radius 3 is 2.91 bits per heavy atom. The molecule has 0 bridgehead atoms. The lowest BCUT2D eigenvalue weighted by Gasteiger charge is -2.33. The van der Waals surface area contributed by atoms with Crippen LogP contribution in [0.1, 0.15) is 18.7 Å². The number of hydrogen-bond acceptors (Lipinski definition) is 5. The maximum absolute atomic E-state index is 12.3. The minimum atomic E-state index is -0.0861. The first-order valence-corrected chi connectivity index (χ1v) is 7.78. The summed E-state index contributed by atoms with van der Waals surface area (Å²) in [5, 5.41) is 18.0. The van der Waals surface area contributed by atoms with Crippen molar-refractivity contribution in [1.82, 2.24) is 30.4 Å². The lowest BCUT2D eigenvalue weighted by Crippen LogP contribution is -2.49. The van der Waals surface area contributed by atoms with Gasteiger partial charge in [0.2, 0.25) is 0 Å². The van der Waals surface area contributed by atoms with E-state index >= 15 is 0 Å². The van der Waals surface area contributed by atoms with Crippen molar-refractivity contribution in [2.45, 2.75) is 25.4 Å². The van der Waals surface area contributed by atoms with Gasteiger partial charge in [0.1, 0.15) is 0 Å². The van der Waals surface area contributed by atoms with Crippen LogP contribution in [0.2, 0.25) is 0 Å². The van der Waals surface area contributed by atoms with Crippen molar-refractivity contribution in [3.8, 4) is 0 Å². The molecule has 122 valence electrons. The molecule has 0 radical (unpaired) electrons. The predicted molar refractivity (Wildman–Crippen MR) is 85.7 cm³/mol. The van der Waals surface area contributed by atoms with Crippen LogP contribution in [0.15, 0.2) is 30.3 Å². The number of nitrogens with zero attached hydrogens (tertiary/aromatic N) is 5. The number of aromatic nitrogens is 4. The summed E-state index contributed by atoms with van der Waals surface area (Å²) in [7, 11) is 1.70. The third-order valence-electron chi connectivity index (χ3n) is 3.80. The first kappa shape index (κ1) is 15.3. The van der Waals surface area contributed by atoms with Gasteiger partial charge in [0.05, 0.1) is 13.6 Å². The molecule has 3 rings (SSSR count). The van der Waals surface area contributed by atoms with Gasteiger partial charge in [-0.05, 0) is 30.2 Å². The van der Waals surface area contributed by atoms with E-state index in [2.05, 4.69) is 26.0 Å². The summed E-state index contributed by atoms with van der Waals surface area (Å²) in [6.07, 6.45) is 2.05. The van der Waals surface area contributed by atoms with Gasteiger partial charge in [0, 0.05) is 24.8 Å². The Hall–Kier alpha value is -2.64. The molecule has 1 aliphatic rings. The molecule has 0 unspecified atom stereocenters. The van der Waals surface area contributed by atoms with E-state index in [1.54, 1.807) is 7.05 Å². The average Bonchev–Trinajstić information content (AvgIpc) is 2.99. The highest BCUT2D eigenvalue weighted by molar-refractivity contribution is 5.74. The molecule has 0 aliphatic carbocycles. The number of tetrazole rings is 1. The summed E-state index contributed by atoms with van der Waals surface area (Å²) in [6.45, 7) is 1.75. The van der Waals surface area contributed by atoms with Crippen molar-refractivity contribution >= 4 is 11.7 Å². The molecular weight excluding hydrogens is 294 g/mol. The second-order valence-corrected chi connectivity index (χ2v) is 5.65. The van der Waals surface area contributed by atoms with Crippen LogP contribution in [0.4, 0.5) is 10.5 Å². The molecule has 8 nitrogen and oxygen atoms in total. The zero-order chi connectivity index (χ0) is 16.1. The molecule has 2 aromatic rings. The number of amides is 2. The Morgan fingerprint density at radius 2 is 2.17 bits per heavy atom. The molecule has 0 saturated carbocycles. The van der Waals surface area contributed by atoms with E-state index in [1.807, 2.05) is 35.2 Å². The molecule has 23 heavy (non-hydrogen) atoms. The van der Waals surface area contributed by atoms with Crippen molar-refractivity contribution in [1.29, 1.82) is 0 Å². The van der Waals surface area contributed by atoms with E-state index in [-0.39, 0.29) is 12.1 Å². The summed E-state index contributed by atoms with van der Waals surface area (Å²) in [5.41, 5.74) is 1.09. The smallest absolute Gasteiger partial charge is 0.317 e. The molecule has 1 aromatic heterocycles. The molecule has 1 fully saturated rings. The molecule has 2 heterocycles. The summed E-state index contributed by atoms with van der Waals surface area (Å²) in [6, 6.07) is 10.3. The fourth-order valence-electron chi connectivity index (χ4n) is 2.71. The number of piperidine rings is 1. The predicted octanol–water partition coefficient (Wildman–Crippen LogP) is 0.996. The minimum Gasteiger partial charge on any atom is -0.381 e. The molecule has 1 saturated heterocycles. The van der Waals surface area contributed by atoms with Gasteiger partial charge in [0.15, 0.2) is 5.82 Å². The molecule has 2 amide bonds. The molecule has 8 heteroatoms. The van der Waals surface area contributed by atoms with Gasteiger partial charge in [-0.25, -0.2) is 4.79 Å². The number of aryl methyl sites for hydroxylation is 1. The standard InChI is InChI=1S/C15H21N7O/c1-21-19-14(18-20-21)10-16-15(23)22-9-5-8-13(11-22)17-12-6-3-2-4-7-12/h2-4,6-7,13,17H,5,8-11H2,1H3,(H,16,23)/t13-/m1/s1. The van der Waals surface area contributed by atoms with Crippen LogP contribution in [-0.2, 0) is 13.6 Å². The second kappa shape index (κ2) is 7.08. The highest BCUT2D eigenvalue weighted by atomic mass is 16.2. The first-order valence-electron chi connectivity index (χ1n) is 7.78. The summed E-state index contributed by atoms with van der Waals surface area (Å²) in [4.78, 5) is 15.5. The molecule has 2 N–H and O–H groups in total. The fourth-order valence-corrected chi connectivity index (χ4v) is 2.71. The number of urea groups is 1. The van der Waals surface area contributed by atoms with Crippen LogP contribution in [0.3, 0.4) is 0 Å². The monoisotopic (exact) mass is 315 g/mol. The van der Waals surface area contributed by atoms with Gasteiger partial charge in [-0.15, -0.1) is 10.2 Å². The summed E-state index contributed by atoms with van der Waals surface area (Å²) >= 11 is 0. The molecule has 1 atom stereocenters. The maximum atomic E-state index is 12.3. The number of benzene rings is 1. The van der Waals surface area contributed by atoms with Crippen molar-refractivity contribution in [3.05, 3.63) is 36.2 Å². The van der Waals surface area contributed by atoms with Gasteiger partial charge < -0.3 is 15.5 Å². The van der Waals surface area contributed by atoms with E-state index in [1.165, 1.54) is 4.80 Å². The third kappa shape index (κ3) is 4.18. The quantitative estimate of drug-likeness (QED) is 0.878. The molecule has 0 spiro atoms. The van der Waals surface area contributed by atoms with Gasteiger partial charge in [-0.2, -0.15) is 4.80 Å². The van der Waals surface area contributed by atoms with Crippen LogP contribution in [0.5, 0.6) is 0 Å². The van der Waals surface area contributed by atoms with E-state index < -0.39 is 0 Å². The molecule has 1 aliphatic heterocycles. The highest BCUT2D eigenvalue weighted by Gasteiger charge is 2.23. The normalized spacial score (nSPS) is 17.8. The number of hydrogen-bond donors (Lipinski definition) is 2. The lowest BCUT2D eigenvalue weighted by atomic mass is 10.1. The van der Waals surface area contributed by atoms with Gasteiger partial charge in [-0.1, -0.05) is 18.2 Å². The van der Waals surface area contributed by atoms with E-state index in [9.17, 15) is 4.79 Å². The topological polar surface area (TPSA) is 88.0 Å². The van der Waals surface area contributed by atoms with Crippen molar-refractivity contribution in [2.75, 3.05) is 18.4 Å². The fraction of sp³-hybridized carbons (Fsp3) is 0.467. The Morgan fingerprint density at radius 1 is 1.35 bits per heavy atom. The zero-order valence-corrected chi connectivity index (χ0v) is 13.1. The number of rotatable bonds is 4. The van der Waals surface area contributed by atoms with Crippen LogP contribution < -0.4 is 10.6 Å². The second-order valence-electron chi connectivity index (χ2n) is 5.65. The number of likely N-dealkylation sites (tertiary alicyclic amines) is 1. The average molecular weight is 315 g/mol. The zero-order valence-electron chi connectivity index (χ0n) is 13.1. The largest absolute Gasteiger partial charge is 0.381 e. The van der Waals surface area contributed by atoms with E-state index in [0.717, 1.165) is 25.1 Å². The highest BCUT2D eigenvalue weighted by Crippen LogP contribution is 2.16. The Bertz CT molecular complexity index is 642. The van der Waals surface area contributed by atoms with Gasteiger partial charge >= 0.3 is 6.03 Å². The minimum absolute atomic E-state index is 0.0861. The van der Waals surface area contributed by atoms with Crippen LogP contribution in [0, 0.1) is 0 Å². The molecule has 1 aromatic carbocycles. The SMILES string of the molecule is Cn1nnc(CNC(=O)N2CCC[C@@H](Nc3ccccc3)C2)n1. The van der Waals surface area contributed by atoms with Crippen molar-refractivity contribution in [3.63, 3.8) is 0 Å². The lowest BCUT2D eigenvalue weighted by molar-refractivity contribution is 0.182. The number of para-hydroxylation sites is 1. The van der Waals surface area contributed by atoms with Crippen LogP contribution in [0.25, 0.3) is 0 Å². The Kier molecular flexibility index (Phi) is 4.70. The summed E-state index contributed by atoms with van der Waals surface area (Å²) < 4.78 is 0. The van der Waals surface area contributed by atoms with Crippen LogP contribution in [-0.4, -0.2) is 50.3 Å². The summed E-state index contributed by atoms with van der Waals surface area (Å²) in [5.74, 6) is 0.511. The number of carbonyl (C=O) groups excluding carboxylic acids is 1. The first-order chi connectivity index (χ1) is 11.2. The Balaban J connectivity index is 1.50. The van der Waals surface area contributed by atoms with Crippen LogP contribution >= 0.6 is 0 Å². The van der Waals surface area contributed by atoms with Crippen molar-refractivity contribution < 1.29 is 4.79 Å². The molecular formula is C15H21N7O. The van der Waals surface area contributed by atoms with Gasteiger partial charge in [-0.3, -0.25) is 0 Å². The number of carbonyl (C=O) groups is 1. The van der Waals surface area contributed by atoms with Crippen molar-refractivity contribution in [2.24, 2.45) is 7.05 Å². The third-order valence-corrected chi connectivity index (χ3v) is 3.80. The number of nitrogens with one attached hydrogen (secondary N) is 2.